The van der Waals surface area contributed by atoms with Gasteiger partial charge >= 0.3 is 0 Å². The van der Waals surface area contributed by atoms with Crippen molar-refractivity contribution in [3.05, 3.63) is 66.2 Å². The first-order valence-electron chi connectivity index (χ1n) is 6.06. The second-order valence-electron chi connectivity index (χ2n) is 4.16. The zero-order valence-corrected chi connectivity index (χ0v) is 11.2. The lowest BCUT2D eigenvalue weighted by molar-refractivity contribution is 1.19. The van der Waals surface area contributed by atoms with Crippen LogP contribution in [0.25, 0.3) is 11.3 Å². The molecule has 20 heavy (non-hydrogen) atoms. The molecular weight excluding hydrogens is 272 g/mol. The van der Waals surface area contributed by atoms with Gasteiger partial charge in [-0.2, -0.15) is 0 Å². The fourth-order valence-corrected chi connectivity index (χ4v) is 1.89. The number of anilines is 2. The van der Waals surface area contributed by atoms with E-state index in [1.165, 1.54) is 0 Å². The summed E-state index contributed by atoms with van der Waals surface area (Å²) in [6.07, 6.45) is 6.88. The molecule has 2 heterocycles. The number of nitrogens with zero attached hydrogens (tertiary/aromatic N) is 3. The fourth-order valence-electron chi connectivity index (χ4n) is 1.76. The molecule has 3 aromatic rings. The summed E-state index contributed by atoms with van der Waals surface area (Å²) >= 11 is 5.86. The van der Waals surface area contributed by atoms with Crippen molar-refractivity contribution in [2.24, 2.45) is 0 Å². The Labute approximate surface area is 121 Å². The third kappa shape index (κ3) is 2.92. The van der Waals surface area contributed by atoms with E-state index in [0.29, 0.717) is 10.8 Å². The Hall–Kier alpha value is -2.46. The van der Waals surface area contributed by atoms with Gasteiger partial charge in [0.05, 0.1) is 18.1 Å². The third-order valence-corrected chi connectivity index (χ3v) is 2.96. The number of aromatic nitrogens is 3. The zero-order chi connectivity index (χ0) is 13.8. The highest BCUT2D eigenvalue weighted by Crippen LogP contribution is 2.20. The standard InChI is InChI=1S/C15H11ClN4/c16-12-3-5-13(6-4-12)19-15-10-18-9-14(20-15)11-2-1-7-17-8-11/h1-10H,(H,19,20). The molecule has 0 aliphatic heterocycles. The number of hydrogen-bond donors (Lipinski definition) is 1. The number of rotatable bonds is 3. The highest BCUT2D eigenvalue weighted by Gasteiger charge is 2.02. The van der Waals surface area contributed by atoms with E-state index in [1.54, 1.807) is 24.8 Å². The largest absolute Gasteiger partial charge is 0.339 e. The Balaban J connectivity index is 1.86. The van der Waals surface area contributed by atoms with Crippen LogP contribution in [0.1, 0.15) is 0 Å². The molecule has 0 atom stereocenters. The summed E-state index contributed by atoms with van der Waals surface area (Å²) in [5.41, 5.74) is 2.61. The average molecular weight is 283 g/mol. The molecule has 0 saturated carbocycles. The summed E-state index contributed by atoms with van der Waals surface area (Å²) in [5.74, 6) is 0.675. The molecule has 0 aliphatic rings. The molecule has 0 aliphatic carbocycles. The van der Waals surface area contributed by atoms with Crippen molar-refractivity contribution in [2.45, 2.75) is 0 Å². The minimum absolute atomic E-state index is 0.675. The molecule has 3 rings (SSSR count). The summed E-state index contributed by atoms with van der Waals surface area (Å²) in [4.78, 5) is 12.8. The lowest BCUT2D eigenvalue weighted by Crippen LogP contribution is -1.96. The van der Waals surface area contributed by atoms with Crippen molar-refractivity contribution in [3.63, 3.8) is 0 Å². The lowest BCUT2D eigenvalue weighted by atomic mass is 10.2. The first-order valence-corrected chi connectivity index (χ1v) is 6.44. The van der Waals surface area contributed by atoms with Crippen LogP contribution in [0, 0.1) is 0 Å². The molecule has 1 N–H and O–H groups in total. The molecule has 0 bridgehead atoms. The van der Waals surface area contributed by atoms with Crippen LogP contribution in [0.4, 0.5) is 11.5 Å². The summed E-state index contributed by atoms with van der Waals surface area (Å²) in [7, 11) is 0. The Morgan fingerprint density at radius 1 is 0.900 bits per heavy atom. The summed E-state index contributed by atoms with van der Waals surface area (Å²) in [6, 6.07) is 11.2. The molecule has 1 aromatic carbocycles. The van der Waals surface area contributed by atoms with Crippen LogP contribution in [0.5, 0.6) is 0 Å². The Kier molecular flexibility index (Phi) is 3.56. The van der Waals surface area contributed by atoms with Crippen molar-refractivity contribution in [1.29, 1.82) is 0 Å². The van der Waals surface area contributed by atoms with E-state index in [9.17, 15) is 0 Å². The molecule has 0 fully saturated rings. The van der Waals surface area contributed by atoms with Crippen LogP contribution < -0.4 is 5.32 Å². The molecule has 0 spiro atoms. The van der Waals surface area contributed by atoms with Gasteiger partial charge in [0, 0.05) is 28.7 Å². The number of benzene rings is 1. The van der Waals surface area contributed by atoms with Crippen molar-refractivity contribution in [2.75, 3.05) is 5.32 Å². The predicted molar refractivity (Wildman–Crippen MR) is 80.0 cm³/mol. The van der Waals surface area contributed by atoms with E-state index < -0.39 is 0 Å². The van der Waals surface area contributed by atoms with Gasteiger partial charge in [-0.3, -0.25) is 9.97 Å². The topological polar surface area (TPSA) is 50.7 Å². The molecule has 0 saturated heterocycles. The first kappa shape index (κ1) is 12.6. The van der Waals surface area contributed by atoms with Gasteiger partial charge in [-0.05, 0) is 36.4 Å². The Morgan fingerprint density at radius 2 is 1.75 bits per heavy atom. The lowest BCUT2D eigenvalue weighted by Gasteiger charge is -2.07. The van der Waals surface area contributed by atoms with Crippen molar-refractivity contribution in [1.82, 2.24) is 15.0 Å². The van der Waals surface area contributed by atoms with Gasteiger partial charge in [0.2, 0.25) is 0 Å². The van der Waals surface area contributed by atoms with Gasteiger partial charge in [0.25, 0.3) is 0 Å². The maximum atomic E-state index is 5.86. The van der Waals surface area contributed by atoms with E-state index >= 15 is 0 Å². The van der Waals surface area contributed by atoms with E-state index in [4.69, 9.17) is 11.6 Å². The van der Waals surface area contributed by atoms with E-state index in [1.807, 2.05) is 36.4 Å². The molecular formula is C15H11ClN4. The van der Waals surface area contributed by atoms with Crippen molar-refractivity contribution >= 4 is 23.1 Å². The highest BCUT2D eigenvalue weighted by atomic mass is 35.5. The quantitative estimate of drug-likeness (QED) is 0.790. The second kappa shape index (κ2) is 5.67. The fraction of sp³-hybridized carbons (Fsp3) is 0. The van der Waals surface area contributed by atoms with Gasteiger partial charge in [0.15, 0.2) is 0 Å². The number of hydrogen-bond acceptors (Lipinski definition) is 4. The smallest absolute Gasteiger partial charge is 0.149 e. The van der Waals surface area contributed by atoms with Gasteiger partial charge in [-0.1, -0.05) is 11.6 Å². The van der Waals surface area contributed by atoms with Crippen molar-refractivity contribution in [3.8, 4) is 11.3 Å². The van der Waals surface area contributed by atoms with Crippen molar-refractivity contribution < 1.29 is 0 Å². The number of nitrogens with one attached hydrogen (secondary N) is 1. The van der Waals surface area contributed by atoms with E-state index in [0.717, 1.165) is 16.9 Å². The third-order valence-electron chi connectivity index (χ3n) is 2.71. The molecule has 2 aromatic heterocycles. The maximum absolute atomic E-state index is 5.86. The number of halogens is 1. The average Bonchev–Trinajstić information content (AvgIpc) is 2.51. The number of pyridine rings is 1. The van der Waals surface area contributed by atoms with Crippen LogP contribution in [0.15, 0.2) is 61.2 Å². The Morgan fingerprint density at radius 3 is 2.50 bits per heavy atom. The van der Waals surface area contributed by atoms with E-state index in [-0.39, 0.29) is 0 Å². The second-order valence-corrected chi connectivity index (χ2v) is 4.60. The highest BCUT2D eigenvalue weighted by molar-refractivity contribution is 6.30. The molecule has 0 radical (unpaired) electrons. The Bertz CT molecular complexity index is 699. The van der Waals surface area contributed by atoms with Gasteiger partial charge in [-0.25, -0.2) is 4.98 Å². The van der Waals surface area contributed by atoms with Crippen LogP contribution in [0.2, 0.25) is 5.02 Å². The predicted octanol–water partition coefficient (Wildman–Crippen LogP) is 3.94. The normalized spacial score (nSPS) is 10.2. The van der Waals surface area contributed by atoms with Crippen LogP contribution >= 0.6 is 11.6 Å². The minimum atomic E-state index is 0.675. The SMILES string of the molecule is Clc1ccc(Nc2cncc(-c3cccnc3)n2)cc1. The molecule has 0 unspecified atom stereocenters. The van der Waals surface area contributed by atoms with Crippen LogP contribution in [-0.2, 0) is 0 Å². The van der Waals surface area contributed by atoms with E-state index in [2.05, 4.69) is 20.3 Å². The molecule has 4 nitrogen and oxygen atoms in total. The molecule has 0 amide bonds. The van der Waals surface area contributed by atoms with Gasteiger partial charge < -0.3 is 5.32 Å². The summed E-state index contributed by atoms with van der Waals surface area (Å²) in [5, 5.41) is 3.89. The van der Waals surface area contributed by atoms with Crippen LogP contribution in [-0.4, -0.2) is 15.0 Å². The molecule has 5 heteroatoms. The first-order chi connectivity index (χ1) is 9.81. The van der Waals surface area contributed by atoms with Gasteiger partial charge in [0.1, 0.15) is 5.82 Å². The van der Waals surface area contributed by atoms with Crippen LogP contribution in [0.3, 0.4) is 0 Å². The summed E-state index contributed by atoms with van der Waals surface area (Å²) < 4.78 is 0. The minimum Gasteiger partial charge on any atom is -0.339 e. The summed E-state index contributed by atoms with van der Waals surface area (Å²) in [6.45, 7) is 0. The van der Waals surface area contributed by atoms with Gasteiger partial charge in [-0.15, -0.1) is 0 Å². The molecule has 98 valence electrons. The zero-order valence-electron chi connectivity index (χ0n) is 10.5. The monoisotopic (exact) mass is 282 g/mol. The maximum Gasteiger partial charge on any atom is 0.149 e.